The number of rotatable bonds is 2. The third-order valence-corrected chi connectivity index (χ3v) is 3.86. The first-order chi connectivity index (χ1) is 5.96. The Balaban J connectivity index is 3.24. The topological polar surface area (TPSA) is 22.1 Å². The monoisotopic (exact) mass is 199 g/mol. The Labute approximate surface area is 78.8 Å². The molecule has 0 fully saturated rings. The lowest BCUT2D eigenvalue weighted by Gasteiger charge is -2.17. The van der Waals surface area contributed by atoms with E-state index in [-0.39, 0.29) is 11.7 Å². The van der Waals surface area contributed by atoms with Gasteiger partial charge in [-0.25, -0.2) is 9.37 Å². The van der Waals surface area contributed by atoms with Gasteiger partial charge in [-0.05, 0) is 11.3 Å². The van der Waals surface area contributed by atoms with E-state index in [4.69, 9.17) is 4.74 Å². The Kier molecular flexibility index (Phi) is 2.70. The van der Waals surface area contributed by atoms with Gasteiger partial charge in [0, 0.05) is 6.20 Å². The summed E-state index contributed by atoms with van der Waals surface area (Å²) in [6, 6.07) is 1.74. The number of aromatic nitrogens is 1. The summed E-state index contributed by atoms with van der Waals surface area (Å²) in [6.45, 7) is 6.26. The molecule has 4 heteroatoms. The fourth-order valence-corrected chi connectivity index (χ4v) is 2.49. The lowest BCUT2D eigenvalue weighted by Crippen LogP contribution is -2.40. The van der Waals surface area contributed by atoms with Gasteiger partial charge >= 0.3 is 0 Å². The lowest BCUT2D eigenvalue weighted by molar-refractivity contribution is 0.370. The molecule has 0 aliphatic carbocycles. The van der Waals surface area contributed by atoms with Crippen LogP contribution in [0.25, 0.3) is 0 Å². The predicted molar refractivity (Wildman–Crippen MR) is 53.7 cm³/mol. The summed E-state index contributed by atoms with van der Waals surface area (Å²) >= 11 is 0. The molecule has 0 aliphatic heterocycles. The summed E-state index contributed by atoms with van der Waals surface area (Å²) in [5.41, 5.74) is 0. The van der Waals surface area contributed by atoms with Crippen molar-refractivity contribution in [2.45, 2.75) is 19.6 Å². The van der Waals surface area contributed by atoms with Crippen LogP contribution < -0.4 is 9.92 Å². The van der Waals surface area contributed by atoms with Crippen molar-refractivity contribution in [1.82, 2.24) is 4.98 Å². The second kappa shape index (κ2) is 3.45. The van der Waals surface area contributed by atoms with Crippen LogP contribution in [0.4, 0.5) is 4.39 Å². The Bertz CT molecular complexity index is 309. The Morgan fingerprint density at radius 2 is 2.00 bits per heavy atom. The molecule has 0 aromatic carbocycles. The minimum Gasteiger partial charge on any atom is -0.479 e. The van der Waals surface area contributed by atoms with Crippen LogP contribution in [0.15, 0.2) is 12.3 Å². The zero-order valence-electron chi connectivity index (χ0n) is 8.39. The van der Waals surface area contributed by atoms with Gasteiger partial charge in [-0.1, -0.05) is 19.6 Å². The smallest absolute Gasteiger partial charge is 0.249 e. The highest BCUT2D eigenvalue weighted by Crippen LogP contribution is 2.13. The molecule has 0 atom stereocenters. The molecule has 0 N–H and O–H groups in total. The predicted octanol–water partition coefficient (Wildman–Crippen LogP) is 1.77. The van der Waals surface area contributed by atoms with E-state index in [2.05, 4.69) is 24.6 Å². The molecule has 0 unspecified atom stereocenters. The van der Waals surface area contributed by atoms with Crippen molar-refractivity contribution in [1.29, 1.82) is 0 Å². The van der Waals surface area contributed by atoms with Crippen LogP contribution in [0.3, 0.4) is 0 Å². The molecule has 0 aliphatic rings. The van der Waals surface area contributed by atoms with Crippen LogP contribution in [-0.2, 0) is 0 Å². The van der Waals surface area contributed by atoms with Crippen molar-refractivity contribution in [3.63, 3.8) is 0 Å². The van der Waals surface area contributed by atoms with Gasteiger partial charge in [0.25, 0.3) is 0 Å². The average Bonchev–Trinajstić information content (AvgIpc) is 2.02. The van der Waals surface area contributed by atoms with Gasteiger partial charge in [-0.15, -0.1) is 0 Å². The Hall–Kier alpha value is -0.903. The Morgan fingerprint density at radius 3 is 2.46 bits per heavy atom. The van der Waals surface area contributed by atoms with E-state index < -0.39 is 8.07 Å². The Morgan fingerprint density at radius 1 is 1.38 bits per heavy atom. The highest BCUT2D eigenvalue weighted by molar-refractivity contribution is 6.88. The van der Waals surface area contributed by atoms with Gasteiger partial charge in [0.2, 0.25) is 5.88 Å². The summed E-state index contributed by atoms with van der Waals surface area (Å²) in [6.07, 6.45) is 1.59. The van der Waals surface area contributed by atoms with Crippen LogP contribution >= 0.6 is 0 Å². The first kappa shape index (κ1) is 10.2. The summed E-state index contributed by atoms with van der Waals surface area (Å²) in [5.74, 6) is -0.205. The second-order valence-corrected chi connectivity index (χ2v) is 8.97. The van der Waals surface area contributed by atoms with E-state index in [1.165, 1.54) is 7.11 Å². The summed E-state index contributed by atoms with van der Waals surface area (Å²) in [7, 11) is -0.191. The van der Waals surface area contributed by atoms with Crippen LogP contribution in [0.1, 0.15) is 0 Å². The van der Waals surface area contributed by atoms with Crippen molar-refractivity contribution in [2.75, 3.05) is 7.11 Å². The highest BCUT2D eigenvalue weighted by atomic mass is 28.3. The van der Waals surface area contributed by atoms with Crippen LogP contribution in [0, 0.1) is 5.82 Å². The SMILES string of the molecule is COc1nccc([Si](C)(C)C)c1F. The van der Waals surface area contributed by atoms with Gasteiger partial charge in [0.15, 0.2) is 5.82 Å². The molecule has 0 radical (unpaired) electrons. The van der Waals surface area contributed by atoms with Crippen molar-refractivity contribution in [3.05, 3.63) is 18.1 Å². The molecule has 0 saturated heterocycles. The van der Waals surface area contributed by atoms with Gasteiger partial charge in [-0.2, -0.15) is 0 Å². The molecular formula is C9H14FNOSi. The van der Waals surface area contributed by atoms with Crippen molar-refractivity contribution in [3.8, 4) is 5.88 Å². The van der Waals surface area contributed by atoms with E-state index in [9.17, 15) is 4.39 Å². The molecule has 1 aromatic rings. The molecule has 0 amide bonds. The molecule has 0 bridgehead atoms. The number of hydrogen-bond acceptors (Lipinski definition) is 2. The maximum absolute atomic E-state index is 13.6. The van der Waals surface area contributed by atoms with Gasteiger partial charge < -0.3 is 4.74 Å². The average molecular weight is 199 g/mol. The summed E-state index contributed by atoms with van der Waals surface area (Å²) in [5, 5.41) is 0.763. The lowest BCUT2D eigenvalue weighted by atomic mass is 10.4. The number of methoxy groups -OCH3 is 1. The van der Waals surface area contributed by atoms with E-state index in [0.29, 0.717) is 0 Å². The summed E-state index contributed by atoms with van der Waals surface area (Å²) in [4.78, 5) is 3.80. The molecule has 1 heterocycles. The number of pyridine rings is 1. The molecule has 1 aromatic heterocycles. The standard InChI is InChI=1S/C9H14FNOSi/c1-12-9-8(10)7(5-6-11-9)13(2,3)4/h5-6H,1-4H3. The van der Waals surface area contributed by atoms with Crippen molar-refractivity contribution >= 4 is 13.3 Å². The quantitative estimate of drug-likeness (QED) is 0.677. The maximum Gasteiger partial charge on any atom is 0.249 e. The number of halogens is 1. The van der Waals surface area contributed by atoms with Crippen molar-refractivity contribution < 1.29 is 9.13 Å². The summed E-state index contributed by atoms with van der Waals surface area (Å²) < 4.78 is 18.4. The first-order valence-corrected chi connectivity index (χ1v) is 7.66. The van der Waals surface area contributed by atoms with E-state index in [1.807, 2.05) is 0 Å². The normalized spacial score (nSPS) is 11.5. The molecular weight excluding hydrogens is 185 g/mol. The molecule has 13 heavy (non-hydrogen) atoms. The molecule has 0 saturated carbocycles. The third-order valence-electron chi connectivity index (χ3n) is 1.86. The zero-order valence-corrected chi connectivity index (χ0v) is 9.39. The van der Waals surface area contributed by atoms with Crippen LogP contribution in [-0.4, -0.2) is 20.2 Å². The minimum absolute atomic E-state index is 0.0972. The van der Waals surface area contributed by atoms with Crippen molar-refractivity contribution in [2.24, 2.45) is 0 Å². The second-order valence-electron chi connectivity index (χ2n) is 3.93. The van der Waals surface area contributed by atoms with E-state index in [0.717, 1.165) is 5.19 Å². The van der Waals surface area contributed by atoms with Crippen LogP contribution in [0.2, 0.25) is 19.6 Å². The molecule has 2 nitrogen and oxygen atoms in total. The van der Waals surface area contributed by atoms with Gasteiger partial charge in [0.1, 0.15) is 0 Å². The molecule has 0 spiro atoms. The fraction of sp³-hybridized carbons (Fsp3) is 0.444. The third kappa shape index (κ3) is 2.06. The largest absolute Gasteiger partial charge is 0.479 e. The molecule has 72 valence electrons. The van der Waals surface area contributed by atoms with E-state index in [1.54, 1.807) is 12.3 Å². The highest BCUT2D eigenvalue weighted by Gasteiger charge is 2.23. The fourth-order valence-electron chi connectivity index (χ4n) is 1.15. The minimum atomic E-state index is -1.62. The van der Waals surface area contributed by atoms with Crippen LogP contribution in [0.5, 0.6) is 5.88 Å². The van der Waals surface area contributed by atoms with Gasteiger partial charge in [0.05, 0.1) is 15.2 Å². The maximum atomic E-state index is 13.6. The number of nitrogens with zero attached hydrogens (tertiary/aromatic N) is 1. The van der Waals surface area contributed by atoms with Gasteiger partial charge in [-0.3, -0.25) is 0 Å². The zero-order chi connectivity index (χ0) is 10.1. The molecule has 1 rings (SSSR count). The van der Waals surface area contributed by atoms with E-state index >= 15 is 0 Å². The number of hydrogen-bond donors (Lipinski definition) is 0. The first-order valence-electron chi connectivity index (χ1n) is 4.16. The number of ether oxygens (including phenoxy) is 1.